The summed E-state index contributed by atoms with van der Waals surface area (Å²) >= 11 is 0. The molecule has 0 unspecified atom stereocenters. The molecule has 1 heterocycles. The lowest BCUT2D eigenvalue weighted by Gasteiger charge is -2.13. The predicted molar refractivity (Wildman–Crippen MR) is 102 cm³/mol. The summed E-state index contributed by atoms with van der Waals surface area (Å²) in [5, 5.41) is 7.34. The minimum atomic E-state index is -4.64. The third-order valence-corrected chi connectivity index (χ3v) is 4.31. The fraction of sp³-hybridized carbons (Fsp3) is 0.0556. The minimum Gasteiger partial charge on any atom is -0.324 e. The van der Waals surface area contributed by atoms with Gasteiger partial charge in [0, 0.05) is 29.3 Å². The quantitative estimate of drug-likeness (QED) is 0.585. The number of hydrogen-bond acceptors (Lipinski definition) is 3. The van der Waals surface area contributed by atoms with Crippen molar-refractivity contribution >= 4 is 27.5 Å². The van der Waals surface area contributed by atoms with Gasteiger partial charge in [-0.2, -0.15) is 21.6 Å². The Hall–Kier alpha value is -3.31. The molecule has 0 spiro atoms. The van der Waals surface area contributed by atoms with Crippen LogP contribution in [0.15, 0.2) is 67.0 Å². The van der Waals surface area contributed by atoms with Crippen molar-refractivity contribution in [2.45, 2.75) is 6.18 Å². The minimum absolute atomic E-state index is 0.0855. The number of nitrogens with zero attached hydrogens (tertiary/aromatic N) is 1. The highest BCUT2D eigenvalue weighted by Crippen LogP contribution is 2.32. The van der Waals surface area contributed by atoms with Crippen LogP contribution in [0.4, 0.5) is 24.5 Å². The fourth-order valence-electron chi connectivity index (χ4n) is 2.59. The number of benzene rings is 2. The normalized spacial score (nSPS) is 11.9. The summed E-state index contributed by atoms with van der Waals surface area (Å²) in [6.07, 6.45) is -1.53. The van der Waals surface area contributed by atoms with Crippen LogP contribution >= 0.6 is 0 Å². The Bertz CT molecular complexity index is 1140. The molecule has 7 nitrogen and oxygen atoms in total. The van der Waals surface area contributed by atoms with E-state index in [0.29, 0.717) is 0 Å². The van der Waals surface area contributed by atoms with Crippen molar-refractivity contribution in [3.05, 3.63) is 78.1 Å². The van der Waals surface area contributed by atoms with Gasteiger partial charge >= 0.3 is 6.18 Å². The molecule has 3 rings (SSSR count). The number of halogens is 3. The maximum atomic E-state index is 13.3. The molecule has 1 amide bonds. The van der Waals surface area contributed by atoms with Gasteiger partial charge in [0.05, 0.1) is 11.3 Å². The van der Waals surface area contributed by atoms with Gasteiger partial charge in [0.25, 0.3) is 16.1 Å². The zero-order valence-electron chi connectivity index (χ0n) is 14.6. The molecule has 0 bridgehead atoms. The number of nitrogens with one attached hydrogen (secondary N) is 2. The number of amides is 1. The smallest absolute Gasteiger partial charge is 0.324 e. The Labute approximate surface area is 164 Å². The van der Waals surface area contributed by atoms with E-state index in [1.165, 1.54) is 34.9 Å². The van der Waals surface area contributed by atoms with E-state index in [1.807, 2.05) is 4.72 Å². The Kier molecular flexibility index (Phi) is 5.36. The summed E-state index contributed by atoms with van der Waals surface area (Å²) in [4.78, 5) is 12.6. The van der Waals surface area contributed by atoms with Crippen molar-refractivity contribution in [2.24, 2.45) is 5.14 Å². The second-order valence-corrected chi connectivity index (χ2v) is 7.33. The number of rotatable bonds is 5. The van der Waals surface area contributed by atoms with Gasteiger partial charge in [0.1, 0.15) is 0 Å². The molecule has 4 N–H and O–H groups in total. The van der Waals surface area contributed by atoms with Crippen LogP contribution in [0.5, 0.6) is 0 Å². The monoisotopic (exact) mass is 424 g/mol. The summed E-state index contributed by atoms with van der Waals surface area (Å²) in [6, 6.07) is 11.9. The van der Waals surface area contributed by atoms with Crippen LogP contribution < -0.4 is 15.2 Å². The summed E-state index contributed by atoms with van der Waals surface area (Å²) < 4.78 is 65.5. The summed E-state index contributed by atoms with van der Waals surface area (Å²) in [7, 11) is -4.02. The molecule has 0 aliphatic rings. The first-order chi connectivity index (χ1) is 13.5. The molecule has 11 heteroatoms. The maximum absolute atomic E-state index is 13.3. The lowest BCUT2D eigenvalue weighted by molar-refractivity contribution is -0.137. The average Bonchev–Trinajstić information content (AvgIpc) is 3.14. The molecule has 0 radical (unpaired) electrons. The Morgan fingerprint density at radius 3 is 2.24 bits per heavy atom. The van der Waals surface area contributed by atoms with Gasteiger partial charge in [0.15, 0.2) is 0 Å². The van der Waals surface area contributed by atoms with E-state index in [-0.39, 0.29) is 22.6 Å². The fourth-order valence-corrected chi connectivity index (χ4v) is 3.05. The van der Waals surface area contributed by atoms with Crippen molar-refractivity contribution in [1.82, 2.24) is 4.57 Å². The number of anilines is 2. The van der Waals surface area contributed by atoms with Crippen molar-refractivity contribution in [3.8, 4) is 5.69 Å². The first kappa shape index (κ1) is 20.4. The highest BCUT2D eigenvalue weighted by atomic mass is 32.2. The molecular formula is C18H15F3N4O3S. The van der Waals surface area contributed by atoms with Crippen LogP contribution in [0.25, 0.3) is 5.69 Å². The first-order valence-electron chi connectivity index (χ1n) is 8.09. The van der Waals surface area contributed by atoms with Crippen LogP contribution in [0, 0.1) is 0 Å². The summed E-state index contributed by atoms with van der Waals surface area (Å²) in [6.45, 7) is 0. The molecule has 3 aromatic rings. The number of nitrogens with two attached hydrogens (primary N) is 1. The first-order valence-corrected chi connectivity index (χ1v) is 9.63. The van der Waals surface area contributed by atoms with Gasteiger partial charge in [-0.05, 0) is 48.5 Å². The molecule has 0 saturated carbocycles. The zero-order chi connectivity index (χ0) is 21.2. The maximum Gasteiger partial charge on any atom is 0.416 e. The van der Waals surface area contributed by atoms with E-state index in [9.17, 15) is 26.4 Å². The van der Waals surface area contributed by atoms with Gasteiger partial charge in [-0.3, -0.25) is 9.52 Å². The van der Waals surface area contributed by atoms with E-state index in [1.54, 1.807) is 24.5 Å². The van der Waals surface area contributed by atoms with Crippen LogP contribution in [-0.2, 0) is 16.4 Å². The van der Waals surface area contributed by atoms with Crippen LogP contribution in [0.1, 0.15) is 15.9 Å². The van der Waals surface area contributed by atoms with Crippen LogP contribution in [0.3, 0.4) is 0 Å². The topological polar surface area (TPSA) is 106 Å². The Morgan fingerprint density at radius 2 is 1.62 bits per heavy atom. The molecule has 0 atom stereocenters. The third-order valence-electron chi connectivity index (χ3n) is 3.79. The number of carbonyl (C=O) groups is 1. The van der Waals surface area contributed by atoms with Crippen LogP contribution in [0.2, 0.25) is 0 Å². The van der Waals surface area contributed by atoms with Crippen LogP contribution in [-0.4, -0.2) is 18.9 Å². The predicted octanol–water partition coefficient (Wildman–Crippen LogP) is 3.36. The standard InChI is InChI=1S/C18H15F3N4O3S/c19-18(20,21)13-8-12(9-16(10-13)25-6-1-2-7-25)17(26)23-14-4-3-5-15(11-14)24-29(22,27)28/h1-11,24H,(H,23,26)(H2,22,27,28). The zero-order valence-corrected chi connectivity index (χ0v) is 15.5. The lowest BCUT2D eigenvalue weighted by Crippen LogP contribution is -2.21. The van der Waals surface area contributed by atoms with Crippen molar-refractivity contribution in [3.63, 3.8) is 0 Å². The van der Waals surface area contributed by atoms with Crippen molar-refractivity contribution in [2.75, 3.05) is 10.0 Å². The summed E-state index contributed by atoms with van der Waals surface area (Å²) in [5.74, 6) is -0.794. The third kappa shape index (κ3) is 5.36. The van der Waals surface area contributed by atoms with Gasteiger partial charge in [-0.1, -0.05) is 6.07 Å². The molecule has 29 heavy (non-hydrogen) atoms. The highest BCUT2D eigenvalue weighted by Gasteiger charge is 2.32. The number of carbonyl (C=O) groups excluding carboxylic acids is 1. The highest BCUT2D eigenvalue weighted by molar-refractivity contribution is 7.90. The number of alkyl halides is 3. The molecule has 152 valence electrons. The summed E-state index contributed by atoms with van der Waals surface area (Å²) in [5.41, 5.74) is -0.766. The molecular weight excluding hydrogens is 409 g/mol. The largest absolute Gasteiger partial charge is 0.416 e. The molecule has 1 aromatic heterocycles. The van der Waals surface area contributed by atoms with E-state index >= 15 is 0 Å². The number of aromatic nitrogens is 1. The van der Waals surface area contributed by atoms with Gasteiger partial charge in [0.2, 0.25) is 0 Å². The Balaban J connectivity index is 1.93. The van der Waals surface area contributed by atoms with Crippen molar-refractivity contribution in [1.29, 1.82) is 0 Å². The molecule has 0 aliphatic heterocycles. The number of hydrogen-bond donors (Lipinski definition) is 3. The van der Waals surface area contributed by atoms with Gasteiger partial charge < -0.3 is 9.88 Å². The molecule has 0 fully saturated rings. The van der Waals surface area contributed by atoms with E-state index in [4.69, 9.17) is 5.14 Å². The van der Waals surface area contributed by atoms with Gasteiger partial charge in [-0.25, -0.2) is 5.14 Å². The Morgan fingerprint density at radius 1 is 0.966 bits per heavy atom. The van der Waals surface area contributed by atoms with Gasteiger partial charge in [-0.15, -0.1) is 0 Å². The van der Waals surface area contributed by atoms with E-state index in [0.717, 1.165) is 12.1 Å². The average molecular weight is 424 g/mol. The van der Waals surface area contributed by atoms with E-state index < -0.39 is 27.9 Å². The second kappa shape index (κ2) is 7.60. The van der Waals surface area contributed by atoms with Crippen molar-refractivity contribution < 1.29 is 26.4 Å². The molecule has 2 aromatic carbocycles. The lowest BCUT2D eigenvalue weighted by atomic mass is 10.1. The van der Waals surface area contributed by atoms with E-state index in [2.05, 4.69) is 5.32 Å². The molecule has 0 aliphatic carbocycles. The molecule has 0 saturated heterocycles. The SMILES string of the molecule is NS(=O)(=O)Nc1cccc(NC(=O)c2cc(-n3cccc3)cc(C(F)(F)F)c2)c1. The second-order valence-electron chi connectivity index (χ2n) is 6.04.